The van der Waals surface area contributed by atoms with Crippen LogP contribution in [0.15, 0.2) is 0 Å². The van der Waals surface area contributed by atoms with Gasteiger partial charge in [0.1, 0.15) is 12.5 Å². The molecule has 1 aliphatic heterocycles. The highest BCUT2D eigenvalue weighted by Gasteiger charge is 2.41. The lowest BCUT2D eigenvalue weighted by Gasteiger charge is -2.14. The van der Waals surface area contributed by atoms with Crippen LogP contribution in [0.1, 0.15) is 27.2 Å². The number of nitrogens with one attached hydrogen (secondary N) is 1. The van der Waals surface area contributed by atoms with Gasteiger partial charge in [-0.1, -0.05) is 20.8 Å². The van der Waals surface area contributed by atoms with E-state index in [4.69, 9.17) is 4.74 Å². The molecule has 5 nitrogen and oxygen atoms in total. The summed E-state index contributed by atoms with van der Waals surface area (Å²) in [4.78, 5) is 22.7. The van der Waals surface area contributed by atoms with Crippen molar-refractivity contribution < 1.29 is 19.1 Å². The SMILES string of the molecule is CC.CCNCCC1OCC(=O)C1C(=O)OC. The molecule has 0 aromatic carbocycles. The topological polar surface area (TPSA) is 64.6 Å². The molecule has 1 aliphatic rings. The third-order valence-corrected chi connectivity index (χ3v) is 2.47. The molecule has 17 heavy (non-hydrogen) atoms. The zero-order chi connectivity index (χ0) is 13.3. The summed E-state index contributed by atoms with van der Waals surface area (Å²) in [6.07, 6.45) is 0.322. The molecule has 0 aliphatic carbocycles. The van der Waals surface area contributed by atoms with Crippen LogP contribution < -0.4 is 5.32 Å². The van der Waals surface area contributed by atoms with Crippen molar-refractivity contribution in [3.63, 3.8) is 0 Å². The van der Waals surface area contributed by atoms with E-state index in [2.05, 4.69) is 10.1 Å². The second-order valence-corrected chi connectivity index (χ2v) is 3.46. The Kier molecular flexibility index (Phi) is 8.62. The van der Waals surface area contributed by atoms with E-state index < -0.39 is 11.9 Å². The van der Waals surface area contributed by atoms with Gasteiger partial charge in [-0.25, -0.2) is 0 Å². The van der Waals surface area contributed by atoms with Gasteiger partial charge in [-0.3, -0.25) is 9.59 Å². The van der Waals surface area contributed by atoms with Crippen molar-refractivity contribution in [1.29, 1.82) is 0 Å². The Morgan fingerprint density at radius 2 is 2.18 bits per heavy atom. The van der Waals surface area contributed by atoms with E-state index in [0.29, 0.717) is 6.42 Å². The van der Waals surface area contributed by atoms with Gasteiger partial charge < -0.3 is 14.8 Å². The summed E-state index contributed by atoms with van der Waals surface area (Å²) in [7, 11) is 1.29. The third-order valence-electron chi connectivity index (χ3n) is 2.47. The van der Waals surface area contributed by atoms with Crippen molar-refractivity contribution in [1.82, 2.24) is 5.32 Å². The molecule has 0 amide bonds. The second kappa shape index (κ2) is 9.13. The summed E-state index contributed by atoms with van der Waals surface area (Å²) >= 11 is 0. The fourth-order valence-electron chi connectivity index (χ4n) is 1.66. The van der Waals surface area contributed by atoms with Crippen LogP contribution in [-0.4, -0.2) is 44.7 Å². The van der Waals surface area contributed by atoms with Crippen molar-refractivity contribution >= 4 is 11.8 Å². The first-order valence-electron chi connectivity index (χ1n) is 6.13. The average Bonchev–Trinajstić information content (AvgIpc) is 2.73. The molecule has 0 bridgehead atoms. The van der Waals surface area contributed by atoms with Crippen LogP contribution >= 0.6 is 0 Å². The fourth-order valence-corrected chi connectivity index (χ4v) is 1.66. The monoisotopic (exact) mass is 245 g/mol. The molecular formula is C12H23NO4. The van der Waals surface area contributed by atoms with Gasteiger partial charge in [0.15, 0.2) is 5.78 Å². The minimum Gasteiger partial charge on any atom is -0.468 e. The van der Waals surface area contributed by atoms with Gasteiger partial charge in [0, 0.05) is 0 Å². The zero-order valence-electron chi connectivity index (χ0n) is 11.1. The molecule has 0 radical (unpaired) electrons. The lowest BCUT2D eigenvalue weighted by molar-refractivity contribution is -0.149. The Morgan fingerprint density at radius 3 is 2.71 bits per heavy atom. The number of rotatable bonds is 5. The molecule has 1 rings (SSSR count). The standard InChI is InChI=1S/C10H17NO4.C2H6/c1-3-11-5-4-8-9(10(13)14-2)7(12)6-15-8;1-2/h8-9,11H,3-6H2,1-2H3;1-2H3. The van der Waals surface area contributed by atoms with Gasteiger partial charge in [0.25, 0.3) is 0 Å². The van der Waals surface area contributed by atoms with E-state index in [1.807, 2.05) is 20.8 Å². The number of esters is 1. The lowest BCUT2D eigenvalue weighted by atomic mass is 9.98. The molecule has 1 N–H and O–H groups in total. The third kappa shape index (κ3) is 4.83. The zero-order valence-corrected chi connectivity index (χ0v) is 11.1. The van der Waals surface area contributed by atoms with Crippen LogP contribution in [0.25, 0.3) is 0 Å². The number of carbonyl (C=O) groups is 2. The van der Waals surface area contributed by atoms with Crippen LogP contribution in [0, 0.1) is 5.92 Å². The first-order valence-corrected chi connectivity index (χ1v) is 6.13. The molecule has 0 saturated carbocycles. The Hall–Kier alpha value is -0.940. The molecular weight excluding hydrogens is 222 g/mol. The minimum absolute atomic E-state index is 0.0244. The van der Waals surface area contributed by atoms with Crippen LogP contribution in [0.5, 0.6) is 0 Å². The largest absolute Gasteiger partial charge is 0.468 e. The van der Waals surface area contributed by atoms with Crippen LogP contribution in [0.3, 0.4) is 0 Å². The van der Waals surface area contributed by atoms with Gasteiger partial charge in [0.05, 0.1) is 13.2 Å². The lowest BCUT2D eigenvalue weighted by Crippen LogP contribution is -2.32. The number of hydrogen-bond donors (Lipinski definition) is 1. The number of ketones is 1. The number of Topliss-reactive ketones (excluding diaryl/α,β-unsaturated/α-hetero) is 1. The highest BCUT2D eigenvalue weighted by molar-refractivity contribution is 6.01. The van der Waals surface area contributed by atoms with Gasteiger partial charge in [-0.2, -0.15) is 0 Å². The number of methoxy groups -OCH3 is 1. The van der Waals surface area contributed by atoms with Gasteiger partial charge in [0.2, 0.25) is 0 Å². The maximum absolute atomic E-state index is 11.4. The van der Waals surface area contributed by atoms with Crippen molar-refractivity contribution in [2.24, 2.45) is 5.92 Å². The first kappa shape index (κ1) is 16.1. The van der Waals surface area contributed by atoms with Gasteiger partial charge in [-0.05, 0) is 19.5 Å². The molecule has 2 atom stereocenters. The summed E-state index contributed by atoms with van der Waals surface area (Å²) in [6, 6.07) is 0. The Bertz CT molecular complexity index is 243. The van der Waals surface area contributed by atoms with Crippen molar-refractivity contribution in [2.45, 2.75) is 33.3 Å². The maximum Gasteiger partial charge on any atom is 0.318 e. The average molecular weight is 245 g/mol. The van der Waals surface area contributed by atoms with Crippen LogP contribution in [0.4, 0.5) is 0 Å². The summed E-state index contributed by atoms with van der Waals surface area (Å²) in [5, 5.41) is 3.12. The predicted octanol–water partition coefficient (Wildman–Crippen LogP) is 0.769. The first-order chi connectivity index (χ1) is 8.20. The summed E-state index contributed by atoms with van der Waals surface area (Å²) in [5.41, 5.74) is 0. The smallest absolute Gasteiger partial charge is 0.318 e. The van der Waals surface area contributed by atoms with E-state index in [0.717, 1.165) is 13.1 Å². The molecule has 1 fully saturated rings. The number of carbonyl (C=O) groups excluding carboxylic acids is 2. The molecule has 0 spiro atoms. The Morgan fingerprint density at radius 1 is 1.53 bits per heavy atom. The quantitative estimate of drug-likeness (QED) is 0.440. The highest BCUT2D eigenvalue weighted by Crippen LogP contribution is 2.21. The minimum atomic E-state index is -0.728. The normalized spacial score (nSPS) is 22.9. The fraction of sp³-hybridized carbons (Fsp3) is 0.833. The predicted molar refractivity (Wildman–Crippen MR) is 64.8 cm³/mol. The molecule has 2 unspecified atom stereocenters. The van der Waals surface area contributed by atoms with Crippen LogP contribution in [0.2, 0.25) is 0 Å². The van der Waals surface area contributed by atoms with Crippen molar-refractivity contribution in [2.75, 3.05) is 26.8 Å². The Labute approximate surface area is 103 Å². The molecule has 1 saturated heterocycles. The summed E-state index contributed by atoms with van der Waals surface area (Å²) in [6.45, 7) is 7.63. The van der Waals surface area contributed by atoms with Crippen molar-refractivity contribution in [3.8, 4) is 0 Å². The molecule has 5 heteroatoms. The number of hydrogen-bond acceptors (Lipinski definition) is 5. The van der Waals surface area contributed by atoms with E-state index in [1.165, 1.54) is 7.11 Å². The molecule has 0 aromatic rings. The summed E-state index contributed by atoms with van der Waals surface area (Å²) < 4.78 is 9.84. The van der Waals surface area contributed by atoms with E-state index in [1.54, 1.807) is 0 Å². The molecule has 0 aromatic heterocycles. The van der Waals surface area contributed by atoms with E-state index in [-0.39, 0.29) is 18.5 Å². The van der Waals surface area contributed by atoms with E-state index in [9.17, 15) is 9.59 Å². The van der Waals surface area contributed by atoms with Gasteiger partial charge in [-0.15, -0.1) is 0 Å². The van der Waals surface area contributed by atoms with Gasteiger partial charge >= 0.3 is 5.97 Å². The van der Waals surface area contributed by atoms with Crippen LogP contribution in [-0.2, 0) is 19.1 Å². The Balaban J connectivity index is 0.00000121. The van der Waals surface area contributed by atoms with E-state index >= 15 is 0 Å². The maximum atomic E-state index is 11.4. The second-order valence-electron chi connectivity index (χ2n) is 3.46. The molecule has 1 heterocycles. The number of ether oxygens (including phenoxy) is 2. The summed E-state index contributed by atoms with van der Waals surface area (Å²) in [5.74, 6) is -1.39. The molecule has 100 valence electrons. The highest BCUT2D eigenvalue weighted by atomic mass is 16.5. The van der Waals surface area contributed by atoms with Crippen molar-refractivity contribution in [3.05, 3.63) is 0 Å².